The van der Waals surface area contributed by atoms with Gasteiger partial charge in [-0.3, -0.25) is 9.59 Å². The highest BCUT2D eigenvalue weighted by Crippen LogP contribution is 2.33. The van der Waals surface area contributed by atoms with Gasteiger partial charge in [0.25, 0.3) is 5.91 Å². The average molecular weight is 378 g/mol. The van der Waals surface area contributed by atoms with E-state index in [1.54, 1.807) is 18.2 Å². The summed E-state index contributed by atoms with van der Waals surface area (Å²) in [5.41, 5.74) is 2.36. The molecule has 2 aliphatic heterocycles. The molecule has 5 nitrogen and oxygen atoms in total. The number of hydrogen-bond acceptors (Lipinski definition) is 4. The Kier molecular flexibility index (Phi) is 4.84. The molecule has 0 atom stereocenters. The first kappa shape index (κ1) is 18.5. The van der Waals surface area contributed by atoms with Crippen molar-refractivity contribution in [3.8, 4) is 5.75 Å². The average Bonchev–Trinajstić information content (AvgIpc) is 2.68. The van der Waals surface area contributed by atoms with E-state index in [0.29, 0.717) is 23.3 Å². The van der Waals surface area contributed by atoms with Crippen molar-refractivity contribution >= 4 is 23.1 Å². The molecule has 2 aromatic carbocycles. The van der Waals surface area contributed by atoms with E-state index < -0.39 is 5.60 Å². The molecule has 0 saturated carbocycles. The maximum absolute atomic E-state index is 12.6. The van der Waals surface area contributed by atoms with Gasteiger partial charge in [0.15, 0.2) is 5.78 Å². The molecule has 0 unspecified atom stereocenters. The van der Waals surface area contributed by atoms with Gasteiger partial charge in [-0.25, -0.2) is 0 Å². The van der Waals surface area contributed by atoms with Crippen molar-refractivity contribution in [2.75, 3.05) is 23.3 Å². The number of carbonyl (C=O) groups is 2. The van der Waals surface area contributed by atoms with Crippen LogP contribution in [0.15, 0.2) is 42.5 Å². The van der Waals surface area contributed by atoms with Gasteiger partial charge in [0.05, 0.1) is 12.0 Å². The number of rotatable bonds is 3. The normalized spacial score (nSPS) is 18.2. The number of amides is 1. The summed E-state index contributed by atoms with van der Waals surface area (Å²) in [4.78, 5) is 27.4. The molecule has 5 heteroatoms. The molecule has 146 valence electrons. The maximum atomic E-state index is 12.6. The van der Waals surface area contributed by atoms with Crippen LogP contribution in [-0.2, 0) is 0 Å². The molecule has 4 rings (SSSR count). The molecule has 1 N–H and O–H groups in total. The fraction of sp³-hybridized carbons (Fsp3) is 0.391. The van der Waals surface area contributed by atoms with Gasteiger partial charge in [-0.05, 0) is 75.6 Å². The topological polar surface area (TPSA) is 58.6 Å². The van der Waals surface area contributed by atoms with Gasteiger partial charge in [-0.1, -0.05) is 0 Å². The Morgan fingerprint density at radius 3 is 2.46 bits per heavy atom. The molecule has 0 bridgehead atoms. The Morgan fingerprint density at radius 1 is 1.04 bits per heavy atom. The summed E-state index contributed by atoms with van der Waals surface area (Å²) in [5.74, 6) is 0.321. The summed E-state index contributed by atoms with van der Waals surface area (Å²) in [6.45, 7) is 5.96. The number of Topliss-reactive ketones (excluding diaryl/α,β-unsaturated/α-hetero) is 1. The Bertz CT molecular complexity index is 897. The van der Waals surface area contributed by atoms with Crippen LogP contribution >= 0.6 is 0 Å². The lowest BCUT2D eigenvalue weighted by Gasteiger charge is -2.31. The molecule has 28 heavy (non-hydrogen) atoms. The van der Waals surface area contributed by atoms with Crippen LogP contribution < -0.4 is 15.0 Å². The van der Waals surface area contributed by atoms with Crippen molar-refractivity contribution in [1.29, 1.82) is 0 Å². The van der Waals surface area contributed by atoms with Gasteiger partial charge in [0, 0.05) is 30.0 Å². The van der Waals surface area contributed by atoms with E-state index >= 15 is 0 Å². The first-order chi connectivity index (χ1) is 13.4. The molecule has 0 radical (unpaired) electrons. The third kappa shape index (κ3) is 3.88. The number of hydrogen-bond donors (Lipinski definition) is 1. The van der Waals surface area contributed by atoms with E-state index in [2.05, 4.69) is 10.2 Å². The molecular formula is C23H26N2O3. The second-order valence-electron chi connectivity index (χ2n) is 8.22. The maximum Gasteiger partial charge on any atom is 0.255 e. The lowest BCUT2D eigenvalue weighted by Crippen LogP contribution is -2.36. The fourth-order valence-electron chi connectivity index (χ4n) is 3.90. The summed E-state index contributed by atoms with van der Waals surface area (Å²) >= 11 is 0. The highest BCUT2D eigenvalue weighted by molar-refractivity contribution is 6.07. The second-order valence-corrected chi connectivity index (χ2v) is 8.22. The van der Waals surface area contributed by atoms with Crippen molar-refractivity contribution in [3.63, 3.8) is 0 Å². The molecule has 1 fully saturated rings. The molecule has 1 saturated heterocycles. The summed E-state index contributed by atoms with van der Waals surface area (Å²) in [5, 5.41) is 2.92. The molecule has 0 aromatic heterocycles. The van der Waals surface area contributed by atoms with E-state index in [1.807, 2.05) is 38.1 Å². The zero-order valence-corrected chi connectivity index (χ0v) is 16.5. The van der Waals surface area contributed by atoms with Gasteiger partial charge >= 0.3 is 0 Å². The predicted octanol–water partition coefficient (Wildman–Crippen LogP) is 4.67. The van der Waals surface area contributed by atoms with Gasteiger partial charge in [0.1, 0.15) is 11.4 Å². The van der Waals surface area contributed by atoms with Crippen LogP contribution in [0.1, 0.15) is 60.2 Å². The highest BCUT2D eigenvalue weighted by Gasteiger charge is 2.32. The molecule has 2 aromatic rings. The van der Waals surface area contributed by atoms with E-state index in [9.17, 15) is 9.59 Å². The van der Waals surface area contributed by atoms with Crippen LogP contribution in [0.2, 0.25) is 0 Å². The minimum absolute atomic E-state index is 0.00628. The fourth-order valence-corrected chi connectivity index (χ4v) is 3.90. The predicted molar refractivity (Wildman–Crippen MR) is 111 cm³/mol. The zero-order valence-electron chi connectivity index (χ0n) is 16.5. The van der Waals surface area contributed by atoms with Crippen molar-refractivity contribution in [1.82, 2.24) is 0 Å². The largest absolute Gasteiger partial charge is 0.487 e. The van der Waals surface area contributed by atoms with Crippen LogP contribution in [-0.4, -0.2) is 30.4 Å². The zero-order chi connectivity index (χ0) is 19.7. The Hall–Kier alpha value is -2.82. The smallest absolute Gasteiger partial charge is 0.255 e. The molecule has 1 amide bonds. The van der Waals surface area contributed by atoms with Gasteiger partial charge in [-0.2, -0.15) is 0 Å². The first-order valence-corrected chi connectivity index (χ1v) is 9.94. The lowest BCUT2D eigenvalue weighted by molar-refractivity contribution is 0.0620. The minimum atomic E-state index is -0.510. The summed E-state index contributed by atoms with van der Waals surface area (Å²) in [6.07, 6.45) is 4.08. The summed E-state index contributed by atoms with van der Waals surface area (Å²) in [6, 6.07) is 13.0. The number of ketones is 1. The summed E-state index contributed by atoms with van der Waals surface area (Å²) in [7, 11) is 0. The van der Waals surface area contributed by atoms with E-state index in [4.69, 9.17) is 4.74 Å². The molecule has 2 aliphatic rings. The van der Waals surface area contributed by atoms with Gasteiger partial charge < -0.3 is 15.0 Å². The number of piperidine rings is 1. The van der Waals surface area contributed by atoms with Gasteiger partial charge in [-0.15, -0.1) is 0 Å². The number of carbonyl (C=O) groups excluding carboxylic acids is 2. The SMILES string of the molecule is CC1(C)CC(=O)c2cc(C(=O)Nc3ccc(N4CCCCC4)cc3)ccc2O1. The number of fused-ring (bicyclic) bond motifs is 1. The molecular weight excluding hydrogens is 352 g/mol. The Balaban J connectivity index is 1.47. The Labute approximate surface area is 165 Å². The van der Waals surface area contributed by atoms with Gasteiger partial charge in [0.2, 0.25) is 0 Å². The second kappa shape index (κ2) is 7.30. The number of nitrogens with zero attached hydrogens (tertiary/aromatic N) is 1. The van der Waals surface area contributed by atoms with E-state index in [-0.39, 0.29) is 11.7 Å². The minimum Gasteiger partial charge on any atom is -0.487 e. The standard InChI is InChI=1S/C23H26N2O3/c1-23(2)15-20(26)19-14-16(6-11-21(19)28-23)22(27)24-17-7-9-18(10-8-17)25-12-4-3-5-13-25/h6-11,14H,3-5,12-13,15H2,1-2H3,(H,24,27). The summed E-state index contributed by atoms with van der Waals surface area (Å²) < 4.78 is 5.86. The van der Waals surface area contributed by atoms with Crippen LogP contribution in [0.25, 0.3) is 0 Å². The Morgan fingerprint density at radius 2 is 1.75 bits per heavy atom. The van der Waals surface area contributed by atoms with Crippen LogP contribution in [0, 0.1) is 0 Å². The number of benzene rings is 2. The van der Waals surface area contributed by atoms with Crippen LogP contribution in [0.3, 0.4) is 0 Å². The van der Waals surface area contributed by atoms with Crippen molar-refractivity contribution in [3.05, 3.63) is 53.6 Å². The first-order valence-electron chi connectivity index (χ1n) is 9.94. The third-order valence-electron chi connectivity index (χ3n) is 5.36. The number of nitrogens with one attached hydrogen (secondary N) is 1. The van der Waals surface area contributed by atoms with E-state index in [0.717, 1.165) is 18.8 Å². The highest BCUT2D eigenvalue weighted by atomic mass is 16.5. The van der Waals surface area contributed by atoms with Crippen molar-refractivity contribution in [2.24, 2.45) is 0 Å². The number of anilines is 2. The monoisotopic (exact) mass is 378 g/mol. The molecule has 0 aliphatic carbocycles. The lowest BCUT2D eigenvalue weighted by atomic mass is 9.92. The molecule has 0 spiro atoms. The quantitative estimate of drug-likeness (QED) is 0.843. The third-order valence-corrected chi connectivity index (χ3v) is 5.36. The number of ether oxygens (including phenoxy) is 1. The van der Waals surface area contributed by atoms with Crippen molar-refractivity contribution in [2.45, 2.75) is 45.1 Å². The van der Waals surface area contributed by atoms with Crippen LogP contribution in [0.5, 0.6) is 5.75 Å². The van der Waals surface area contributed by atoms with Crippen LogP contribution in [0.4, 0.5) is 11.4 Å². The molecule has 2 heterocycles. The van der Waals surface area contributed by atoms with E-state index in [1.165, 1.54) is 24.9 Å². The van der Waals surface area contributed by atoms with Crippen molar-refractivity contribution < 1.29 is 14.3 Å².